The zero-order valence-electron chi connectivity index (χ0n) is 14.0. The van der Waals surface area contributed by atoms with Crippen molar-refractivity contribution in [3.05, 3.63) is 58.6 Å². The Kier molecular flexibility index (Phi) is 4.86. The molecule has 0 spiro atoms. The van der Waals surface area contributed by atoms with E-state index in [-0.39, 0.29) is 15.8 Å². The molecule has 1 heterocycles. The van der Waals surface area contributed by atoms with Gasteiger partial charge in [0.05, 0.1) is 5.02 Å². The van der Waals surface area contributed by atoms with Crippen molar-refractivity contribution in [2.75, 3.05) is 11.4 Å². The second-order valence-corrected chi connectivity index (χ2v) is 8.32. The van der Waals surface area contributed by atoms with Crippen molar-refractivity contribution in [3.63, 3.8) is 0 Å². The number of hydrogen-bond acceptors (Lipinski definition) is 3. The fourth-order valence-corrected chi connectivity index (χ4v) is 4.81. The van der Waals surface area contributed by atoms with Crippen molar-refractivity contribution in [3.8, 4) is 0 Å². The molecule has 1 fully saturated rings. The van der Waals surface area contributed by atoms with E-state index in [0.29, 0.717) is 13.0 Å². The maximum atomic E-state index is 12.7. The van der Waals surface area contributed by atoms with Gasteiger partial charge in [-0.3, -0.25) is 4.79 Å². The summed E-state index contributed by atoms with van der Waals surface area (Å²) in [5.41, 5.74) is 2.91. The van der Waals surface area contributed by atoms with Gasteiger partial charge in [-0.05, 0) is 55.7 Å². The van der Waals surface area contributed by atoms with E-state index in [1.54, 1.807) is 17.0 Å². The molecule has 1 amide bonds. The summed E-state index contributed by atoms with van der Waals surface area (Å²) in [7, 11) is -3.86. The summed E-state index contributed by atoms with van der Waals surface area (Å²) in [5, 5.41) is 0.131. The number of rotatable bonds is 4. The van der Waals surface area contributed by atoms with Gasteiger partial charge in [0.1, 0.15) is 10.9 Å². The lowest BCUT2D eigenvalue weighted by Gasteiger charge is -2.18. The molecule has 1 N–H and O–H groups in total. The highest BCUT2D eigenvalue weighted by molar-refractivity contribution is 7.89. The molecule has 1 aliphatic rings. The fraction of sp³-hybridized carbons (Fsp3) is 0.278. The number of sulfonamides is 1. The van der Waals surface area contributed by atoms with E-state index in [0.717, 1.165) is 16.8 Å². The Morgan fingerprint density at radius 1 is 1.12 bits per heavy atom. The van der Waals surface area contributed by atoms with Gasteiger partial charge in [0, 0.05) is 12.2 Å². The minimum Gasteiger partial charge on any atom is -0.311 e. The lowest BCUT2D eigenvalue weighted by molar-refractivity contribution is -0.118. The third-order valence-corrected chi connectivity index (χ3v) is 6.12. The molecule has 3 rings (SSSR count). The Hall–Kier alpha value is -1.89. The van der Waals surface area contributed by atoms with Crippen molar-refractivity contribution >= 4 is 33.2 Å². The van der Waals surface area contributed by atoms with Gasteiger partial charge in [-0.2, -0.15) is 4.72 Å². The molecule has 25 heavy (non-hydrogen) atoms. The van der Waals surface area contributed by atoms with Gasteiger partial charge < -0.3 is 4.90 Å². The molecule has 0 saturated carbocycles. The van der Waals surface area contributed by atoms with Crippen LogP contribution in [0.3, 0.4) is 0 Å². The minimum atomic E-state index is -3.86. The highest BCUT2D eigenvalue weighted by Crippen LogP contribution is 2.26. The summed E-state index contributed by atoms with van der Waals surface area (Å²) in [5.74, 6) is -0.249. The predicted molar refractivity (Wildman–Crippen MR) is 98.4 cm³/mol. The highest BCUT2D eigenvalue weighted by atomic mass is 35.5. The van der Waals surface area contributed by atoms with E-state index in [4.69, 9.17) is 11.6 Å². The Morgan fingerprint density at radius 2 is 1.76 bits per heavy atom. The van der Waals surface area contributed by atoms with Crippen LogP contribution in [0, 0.1) is 13.8 Å². The summed E-state index contributed by atoms with van der Waals surface area (Å²) in [6.45, 7) is 4.40. The number of anilines is 1. The van der Waals surface area contributed by atoms with Crippen LogP contribution in [0.5, 0.6) is 0 Å². The van der Waals surface area contributed by atoms with Gasteiger partial charge in [0.15, 0.2) is 0 Å². The quantitative estimate of drug-likeness (QED) is 0.889. The second-order valence-electron chi connectivity index (χ2n) is 6.23. The number of benzene rings is 2. The van der Waals surface area contributed by atoms with Crippen molar-refractivity contribution in [2.24, 2.45) is 0 Å². The molecule has 0 aromatic heterocycles. The summed E-state index contributed by atoms with van der Waals surface area (Å²) in [6, 6.07) is 11.3. The van der Waals surface area contributed by atoms with E-state index in [2.05, 4.69) is 4.72 Å². The van der Waals surface area contributed by atoms with Gasteiger partial charge in [-0.15, -0.1) is 0 Å². The van der Waals surface area contributed by atoms with Gasteiger partial charge in [-0.1, -0.05) is 29.8 Å². The number of halogens is 1. The van der Waals surface area contributed by atoms with Crippen LogP contribution in [0.15, 0.2) is 47.4 Å². The first kappa shape index (κ1) is 17.9. The van der Waals surface area contributed by atoms with E-state index < -0.39 is 16.1 Å². The largest absolute Gasteiger partial charge is 0.311 e. The second kappa shape index (κ2) is 6.78. The Morgan fingerprint density at radius 3 is 2.40 bits per heavy atom. The number of nitrogens with one attached hydrogen (secondary N) is 1. The Labute approximate surface area is 152 Å². The SMILES string of the molecule is Cc1cc(C)cc(N2CC[C@@H](NS(=O)(=O)c3ccccc3Cl)C2=O)c1. The van der Waals surface area contributed by atoms with E-state index in [9.17, 15) is 13.2 Å². The normalized spacial score (nSPS) is 18.0. The molecule has 2 aromatic carbocycles. The average molecular weight is 379 g/mol. The van der Waals surface area contributed by atoms with E-state index in [1.165, 1.54) is 12.1 Å². The summed E-state index contributed by atoms with van der Waals surface area (Å²) < 4.78 is 27.6. The minimum absolute atomic E-state index is 0.0192. The number of amides is 1. The fourth-order valence-electron chi connectivity index (χ4n) is 3.07. The van der Waals surface area contributed by atoms with Crippen molar-refractivity contribution in [1.29, 1.82) is 0 Å². The van der Waals surface area contributed by atoms with Crippen LogP contribution in [0.25, 0.3) is 0 Å². The molecular formula is C18H19ClN2O3S. The standard InChI is InChI=1S/C18H19ClN2O3S/c1-12-9-13(2)11-14(10-12)21-8-7-16(18(21)22)20-25(23,24)17-6-4-3-5-15(17)19/h3-6,9-11,16,20H,7-8H2,1-2H3/t16-/m1/s1. The maximum Gasteiger partial charge on any atom is 0.245 e. The van der Waals surface area contributed by atoms with Crippen LogP contribution in [-0.4, -0.2) is 26.9 Å². The van der Waals surface area contributed by atoms with Crippen LogP contribution < -0.4 is 9.62 Å². The first-order valence-corrected chi connectivity index (χ1v) is 9.80. The third-order valence-electron chi connectivity index (χ3n) is 4.15. The number of nitrogens with zero attached hydrogens (tertiary/aromatic N) is 1. The molecule has 5 nitrogen and oxygen atoms in total. The van der Waals surface area contributed by atoms with Gasteiger partial charge in [0.2, 0.25) is 15.9 Å². The highest BCUT2D eigenvalue weighted by Gasteiger charge is 2.36. The Bertz CT molecular complexity index is 907. The molecular weight excluding hydrogens is 360 g/mol. The van der Waals surface area contributed by atoms with Crippen LogP contribution in [0.4, 0.5) is 5.69 Å². The topological polar surface area (TPSA) is 66.5 Å². The molecule has 1 saturated heterocycles. The summed E-state index contributed by atoms with van der Waals surface area (Å²) in [4.78, 5) is 14.3. The first-order chi connectivity index (χ1) is 11.8. The van der Waals surface area contributed by atoms with E-state index in [1.807, 2.05) is 32.0 Å². The van der Waals surface area contributed by atoms with Crippen LogP contribution in [0.2, 0.25) is 5.02 Å². The third kappa shape index (κ3) is 3.71. The number of hydrogen-bond donors (Lipinski definition) is 1. The molecule has 0 radical (unpaired) electrons. The monoisotopic (exact) mass is 378 g/mol. The number of aryl methyl sites for hydroxylation is 2. The smallest absolute Gasteiger partial charge is 0.245 e. The van der Waals surface area contributed by atoms with Crippen LogP contribution in [-0.2, 0) is 14.8 Å². The molecule has 0 bridgehead atoms. The summed E-state index contributed by atoms with van der Waals surface area (Å²) in [6.07, 6.45) is 0.412. The zero-order chi connectivity index (χ0) is 18.2. The van der Waals surface area contributed by atoms with Gasteiger partial charge in [0.25, 0.3) is 0 Å². The van der Waals surface area contributed by atoms with Crippen molar-refractivity contribution in [1.82, 2.24) is 4.72 Å². The zero-order valence-corrected chi connectivity index (χ0v) is 15.6. The number of carbonyl (C=O) groups excluding carboxylic acids is 1. The molecule has 132 valence electrons. The van der Waals surface area contributed by atoms with Crippen molar-refractivity contribution in [2.45, 2.75) is 31.2 Å². The lowest BCUT2D eigenvalue weighted by Crippen LogP contribution is -2.41. The molecule has 1 aliphatic heterocycles. The molecule has 0 unspecified atom stereocenters. The first-order valence-electron chi connectivity index (χ1n) is 7.94. The molecule has 1 atom stereocenters. The summed E-state index contributed by atoms with van der Waals surface area (Å²) >= 11 is 5.98. The predicted octanol–water partition coefficient (Wildman–Crippen LogP) is 3.04. The maximum absolute atomic E-state index is 12.7. The van der Waals surface area contributed by atoms with Gasteiger partial charge in [-0.25, -0.2) is 8.42 Å². The molecule has 7 heteroatoms. The lowest BCUT2D eigenvalue weighted by atomic mass is 10.1. The van der Waals surface area contributed by atoms with E-state index >= 15 is 0 Å². The average Bonchev–Trinajstić information content (AvgIpc) is 2.87. The van der Waals surface area contributed by atoms with Crippen molar-refractivity contribution < 1.29 is 13.2 Å². The van der Waals surface area contributed by atoms with Gasteiger partial charge >= 0.3 is 0 Å². The van der Waals surface area contributed by atoms with Crippen LogP contribution in [0.1, 0.15) is 17.5 Å². The molecule has 0 aliphatic carbocycles. The number of carbonyl (C=O) groups is 1. The van der Waals surface area contributed by atoms with Crippen LogP contribution >= 0.6 is 11.6 Å². The molecule has 2 aromatic rings. The Balaban J connectivity index is 1.82.